The molecule has 0 saturated heterocycles. The minimum Gasteiger partial charge on any atom is -0.496 e. The molecule has 3 rings (SSSR count). The van der Waals surface area contributed by atoms with Gasteiger partial charge in [0.25, 0.3) is 5.91 Å². The fraction of sp³-hybridized carbons (Fsp3) is 0.208. The standard InChI is InChI=1S/C24H25ClN2O4S/c1-16-5-9-21(13-17(16)2)26-24(28)18-6-12-23(31-4)19(14-18)15-27(3)32(29,30)22-10-7-20(25)8-11-22/h5-14H,15H2,1-4H3,(H,26,28). The minimum absolute atomic E-state index is 0.0267. The Balaban J connectivity index is 1.84. The molecule has 0 heterocycles. The summed E-state index contributed by atoms with van der Waals surface area (Å²) in [6.07, 6.45) is 0. The predicted molar refractivity (Wildman–Crippen MR) is 127 cm³/mol. The number of hydrogen-bond donors (Lipinski definition) is 1. The van der Waals surface area contributed by atoms with E-state index in [1.165, 1.54) is 42.7 Å². The Morgan fingerprint density at radius 2 is 1.69 bits per heavy atom. The number of ether oxygens (including phenoxy) is 1. The molecule has 0 unspecified atom stereocenters. The molecule has 0 saturated carbocycles. The van der Waals surface area contributed by atoms with E-state index in [4.69, 9.17) is 16.3 Å². The van der Waals surface area contributed by atoms with E-state index in [2.05, 4.69) is 5.32 Å². The Morgan fingerprint density at radius 1 is 1.00 bits per heavy atom. The van der Waals surface area contributed by atoms with E-state index in [9.17, 15) is 13.2 Å². The zero-order valence-corrected chi connectivity index (χ0v) is 19.9. The van der Waals surface area contributed by atoms with Crippen LogP contribution in [0.15, 0.2) is 65.6 Å². The Morgan fingerprint density at radius 3 is 2.31 bits per heavy atom. The third kappa shape index (κ3) is 5.30. The van der Waals surface area contributed by atoms with E-state index in [0.717, 1.165) is 11.1 Å². The van der Waals surface area contributed by atoms with Crippen molar-refractivity contribution in [1.82, 2.24) is 4.31 Å². The molecule has 0 fully saturated rings. The molecule has 168 valence electrons. The van der Waals surface area contributed by atoms with Gasteiger partial charge in [-0.25, -0.2) is 8.42 Å². The van der Waals surface area contributed by atoms with E-state index in [1.54, 1.807) is 18.2 Å². The molecule has 0 spiro atoms. The summed E-state index contributed by atoms with van der Waals surface area (Å²) in [5.41, 5.74) is 3.88. The number of anilines is 1. The Bertz CT molecular complexity index is 1240. The van der Waals surface area contributed by atoms with Gasteiger partial charge in [0, 0.05) is 35.4 Å². The lowest BCUT2D eigenvalue weighted by molar-refractivity contribution is 0.102. The number of benzene rings is 3. The molecule has 32 heavy (non-hydrogen) atoms. The van der Waals surface area contributed by atoms with Gasteiger partial charge in [-0.05, 0) is 79.6 Å². The second kappa shape index (κ2) is 9.73. The van der Waals surface area contributed by atoms with Crippen molar-refractivity contribution < 1.29 is 17.9 Å². The molecule has 0 aliphatic carbocycles. The molecule has 0 atom stereocenters. The average molecular weight is 473 g/mol. The molecule has 0 aliphatic rings. The summed E-state index contributed by atoms with van der Waals surface area (Å²) in [7, 11) is -0.772. The molecule has 0 aromatic heterocycles. The van der Waals surface area contributed by atoms with Crippen molar-refractivity contribution in [3.05, 3.63) is 87.9 Å². The molecule has 6 nitrogen and oxygen atoms in total. The van der Waals surface area contributed by atoms with Crippen molar-refractivity contribution in [2.75, 3.05) is 19.5 Å². The molecule has 3 aromatic carbocycles. The third-order valence-corrected chi connectivity index (χ3v) is 7.29. The first-order valence-electron chi connectivity index (χ1n) is 9.89. The summed E-state index contributed by atoms with van der Waals surface area (Å²) in [6.45, 7) is 4.01. The van der Waals surface area contributed by atoms with Gasteiger partial charge >= 0.3 is 0 Å². The fourth-order valence-corrected chi connectivity index (χ4v) is 4.45. The molecule has 0 aliphatic heterocycles. The van der Waals surface area contributed by atoms with Gasteiger partial charge in [0.2, 0.25) is 10.0 Å². The zero-order valence-electron chi connectivity index (χ0n) is 18.3. The number of carbonyl (C=O) groups excluding carboxylic acids is 1. The smallest absolute Gasteiger partial charge is 0.255 e. The summed E-state index contributed by atoms with van der Waals surface area (Å²) in [5.74, 6) is 0.200. The summed E-state index contributed by atoms with van der Waals surface area (Å²) >= 11 is 5.87. The molecule has 0 bridgehead atoms. The second-order valence-electron chi connectivity index (χ2n) is 7.49. The Kier molecular flexibility index (Phi) is 7.23. The lowest BCUT2D eigenvalue weighted by Crippen LogP contribution is -2.27. The molecular weight excluding hydrogens is 448 g/mol. The monoisotopic (exact) mass is 472 g/mol. The van der Waals surface area contributed by atoms with Crippen LogP contribution in [0.1, 0.15) is 27.0 Å². The Labute approximate surface area is 193 Å². The zero-order chi connectivity index (χ0) is 23.5. The molecular formula is C24H25ClN2O4S. The largest absolute Gasteiger partial charge is 0.496 e. The van der Waals surface area contributed by atoms with Crippen LogP contribution in [-0.4, -0.2) is 32.8 Å². The van der Waals surface area contributed by atoms with E-state index >= 15 is 0 Å². The van der Waals surface area contributed by atoms with Gasteiger partial charge in [0.05, 0.1) is 12.0 Å². The number of nitrogens with one attached hydrogen (secondary N) is 1. The van der Waals surface area contributed by atoms with E-state index < -0.39 is 10.0 Å². The van der Waals surface area contributed by atoms with Gasteiger partial charge in [-0.1, -0.05) is 17.7 Å². The topological polar surface area (TPSA) is 75.7 Å². The number of methoxy groups -OCH3 is 1. The van der Waals surface area contributed by atoms with Crippen LogP contribution in [0.5, 0.6) is 5.75 Å². The van der Waals surface area contributed by atoms with Crippen LogP contribution in [0.3, 0.4) is 0 Å². The van der Waals surface area contributed by atoms with Crippen LogP contribution in [0.25, 0.3) is 0 Å². The van der Waals surface area contributed by atoms with Crippen LogP contribution in [-0.2, 0) is 16.6 Å². The van der Waals surface area contributed by atoms with Crippen molar-refractivity contribution in [3.63, 3.8) is 0 Å². The maximum atomic E-state index is 12.9. The van der Waals surface area contributed by atoms with Crippen molar-refractivity contribution in [2.24, 2.45) is 0 Å². The highest BCUT2D eigenvalue weighted by molar-refractivity contribution is 7.89. The van der Waals surface area contributed by atoms with E-state index in [-0.39, 0.29) is 17.3 Å². The van der Waals surface area contributed by atoms with Crippen LogP contribution in [0.4, 0.5) is 5.69 Å². The second-order valence-corrected chi connectivity index (χ2v) is 9.98. The highest BCUT2D eigenvalue weighted by atomic mass is 35.5. The van der Waals surface area contributed by atoms with Crippen molar-refractivity contribution >= 4 is 33.2 Å². The number of aryl methyl sites for hydroxylation is 2. The van der Waals surface area contributed by atoms with Gasteiger partial charge in [0.15, 0.2) is 0 Å². The van der Waals surface area contributed by atoms with Crippen molar-refractivity contribution in [1.29, 1.82) is 0 Å². The first kappa shape index (κ1) is 23.8. The number of rotatable bonds is 7. The molecule has 1 N–H and O–H groups in total. The molecule has 1 amide bonds. The average Bonchev–Trinajstić information content (AvgIpc) is 2.76. The summed E-state index contributed by atoms with van der Waals surface area (Å²) < 4.78 is 32.5. The highest BCUT2D eigenvalue weighted by Gasteiger charge is 2.22. The first-order valence-corrected chi connectivity index (χ1v) is 11.7. The molecule has 3 aromatic rings. The molecule has 0 radical (unpaired) electrons. The summed E-state index contributed by atoms with van der Waals surface area (Å²) in [5, 5.41) is 3.34. The normalized spacial score (nSPS) is 11.4. The minimum atomic E-state index is -3.75. The fourth-order valence-electron chi connectivity index (χ4n) is 3.18. The number of amides is 1. The van der Waals surface area contributed by atoms with E-state index in [0.29, 0.717) is 27.6 Å². The predicted octanol–water partition coefficient (Wildman–Crippen LogP) is 5.04. The van der Waals surface area contributed by atoms with Crippen LogP contribution < -0.4 is 10.1 Å². The van der Waals surface area contributed by atoms with Gasteiger partial charge < -0.3 is 10.1 Å². The van der Waals surface area contributed by atoms with Gasteiger partial charge in [-0.2, -0.15) is 4.31 Å². The van der Waals surface area contributed by atoms with Crippen LogP contribution >= 0.6 is 11.6 Å². The number of nitrogens with zero attached hydrogens (tertiary/aromatic N) is 1. The number of hydrogen-bond acceptors (Lipinski definition) is 4. The van der Waals surface area contributed by atoms with E-state index in [1.807, 2.05) is 32.0 Å². The highest BCUT2D eigenvalue weighted by Crippen LogP contribution is 2.25. The number of sulfonamides is 1. The number of halogens is 1. The van der Waals surface area contributed by atoms with Crippen molar-refractivity contribution in [2.45, 2.75) is 25.3 Å². The summed E-state index contributed by atoms with van der Waals surface area (Å²) in [6, 6.07) is 16.6. The third-order valence-electron chi connectivity index (χ3n) is 5.22. The summed E-state index contributed by atoms with van der Waals surface area (Å²) in [4.78, 5) is 12.9. The maximum absolute atomic E-state index is 12.9. The SMILES string of the molecule is COc1ccc(C(=O)Nc2ccc(C)c(C)c2)cc1CN(C)S(=O)(=O)c1ccc(Cl)cc1. The number of carbonyl (C=O) groups is 1. The maximum Gasteiger partial charge on any atom is 0.255 e. The quantitative estimate of drug-likeness (QED) is 0.522. The lowest BCUT2D eigenvalue weighted by atomic mass is 10.1. The van der Waals surface area contributed by atoms with Gasteiger partial charge in [-0.15, -0.1) is 0 Å². The van der Waals surface area contributed by atoms with Gasteiger partial charge in [-0.3, -0.25) is 4.79 Å². The lowest BCUT2D eigenvalue weighted by Gasteiger charge is -2.19. The van der Waals surface area contributed by atoms with Crippen LogP contribution in [0.2, 0.25) is 5.02 Å². The van der Waals surface area contributed by atoms with Gasteiger partial charge in [0.1, 0.15) is 5.75 Å². The Hall–Kier alpha value is -2.87. The van der Waals surface area contributed by atoms with Crippen LogP contribution in [0, 0.1) is 13.8 Å². The van der Waals surface area contributed by atoms with Crippen molar-refractivity contribution in [3.8, 4) is 5.75 Å². The first-order chi connectivity index (χ1) is 15.1. The molecule has 8 heteroatoms.